The molecular formula is C7H12N2OS. The van der Waals surface area contributed by atoms with Gasteiger partial charge in [-0.05, 0) is 18.8 Å². The highest BCUT2D eigenvalue weighted by Crippen LogP contribution is 2.19. The van der Waals surface area contributed by atoms with Crippen LogP contribution >= 0.6 is 0 Å². The summed E-state index contributed by atoms with van der Waals surface area (Å²) in [7, 11) is -2.11. The van der Waals surface area contributed by atoms with Gasteiger partial charge >= 0.3 is 0 Å². The Balaban J connectivity index is 2.73. The van der Waals surface area contributed by atoms with Gasteiger partial charge in [0.25, 0.3) is 0 Å². The van der Waals surface area contributed by atoms with Crippen molar-refractivity contribution >= 4 is 9.73 Å². The van der Waals surface area contributed by atoms with Crippen molar-refractivity contribution in [2.24, 2.45) is 10.3 Å². The molecule has 11 heavy (non-hydrogen) atoms. The molecule has 1 heterocycles. The van der Waals surface area contributed by atoms with Crippen LogP contribution in [-0.4, -0.2) is 15.7 Å². The minimum atomic E-state index is -2.11. The van der Waals surface area contributed by atoms with E-state index < -0.39 is 9.73 Å². The Morgan fingerprint density at radius 3 is 2.55 bits per heavy atom. The lowest BCUT2D eigenvalue weighted by Gasteiger charge is -2.19. The Bertz CT molecular complexity index is 269. The van der Waals surface area contributed by atoms with E-state index in [1.807, 2.05) is 0 Å². The van der Waals surface area contributed by atoms with Crippen molar-refractivity contribution in [3.8, 4) is 6.19 Å². The van der Waals surface area contributed by atoms with Gasteiger partial charge in [-0.15, -0.1) is 4.36 Å². The van der Waals surface area contributed by atoms with Gasteiger partial charge in [0.2, 0.25) is 6.19 Å². The summed E-state index contributed by atoms with van der Waals surface area (Å²) in [4.78, 5) is 0. The van der Waals surface area contributed by atoms with Crippen LogP contribution in [0.25, 0.3) is 0 Å². The lowest BCUT2D eigenvalue weighted by Crippen LogP contribution is -2.21. The minimum Gasteiger partial charge on any atom is -0.249 e. The molecule has 1 fully saturated rings. The Kier molecular flexibility index (Phi) is 2.50. The first-order valence-corrected chi connectivity index (χ1v) is 5.62. The molecule has 1 aliphatic rings. The molecule has 1 rings (SSSR count). The quantitative estimate of drug-likeness (QED) is 0.518. The van der Waals surface area contributed by atoms with Gasteiger partial charge in [-0.25, -0.2) is 4.21 Å². The summed E-state index contributed by atoms with van der Waals surface area (Å²) < 4.78 is 15.0. The van der Waals surface area contributed by atoms with E-state index in [-0.39, 0.29) is 0 Å². The van der Waals surface area contributed by atoms with Crippen LogP contribution in [0.4, 0.5) is 0 Å². The van der Waals surface area contributed by atoms with E-state index in [1.54, 1.807) is 6.19 Å². The van der Waals surface area contributed by atoms with Crippen molar-refractivity contribution in [2.75, 3.05) is 11.5 Å². The lowest BCUT2D eigenvalue weighted by atomic mass is 10.1. The summed E-state index contributed by atoms with van der Waals surface area (Å²) in [6.45, 7) is 2.14. The zero-order chi connectivity index (χ0) is 8.32. The standard InChI is InChI=1S/C7H12N2OS/c1-7-2-4-11(10,5-3-7)9-6-8/h7H,2-5H2,1H3. The molecule has 3 nitrogen and oxygen atoms in total. The van der Waals surface area contributed by atoms with E-state index in [2.05, 4.69) is 11.3 Å². The molecule has 0 saturated carbocycles. The molecule has 0 N–H and O–H groups in total. The Morgan fingerprint density at radius 1 is 1.55 bits per heavy atom. The number of hydrogen-bond donors (Lipinski definition) is 0. The maximum Gasteiger partial charge on any atom is 0.214 e. The third-order valence-electron chi connectivity index (χ3n) is 2.07. The summed E-state index contributed by atoms with van der Waals surface area (Å²) >= 11 is 0. The van der Waals surface area contributed by atoms with Crippen LogP contribution < -0.4 is 0 Å². The Hall–Kier alpha value is -0.560. The van der Waals surface area contributed by atoms with Crippen LogP contribution in [0.2, 0.25) is 0 Å². The van der Waals surface area contributed by atoms with Gasteiger partial charge in [0.15, 0.2) is 0 Å². The van der Waals surface area contributed by atoms with E-state index in [9.17, 15) is 4.21 Å². The molecular weight excluding hydrogens is 160 g/mol. The highest BCUT2D eigenvalue weighted by Gasteiger charge is 2.18. The second kappa shape index (κ2) is 3.22. The van der Waals surface area contributed by atoms with E-state index in [4.69, 9.17) is 5.26 Å². The summed E-state index contributed by atoms with van der Waals surface area (Å²) in [6.07, 6.45) is 3.54. The summed E-state index contributed by atoms with van der Waals surface area (Å²) in [5.74, 6) is 1.88. The molecule has 0 bridgehead atoms. The second-order valence-electron chi connectivity index (χ2n) is 3.05. The average Bonchev–Trinajstić information content (AvgIpc) is 1.97. The van der Waals surface area contributed by atoms with E-state index >= 15 is 0 Å². The number of rotatable bonds is 0. The SMILES string of the molecule is CC1CCS(=O)(=NC#N)CC1. The van der Waals surface area contributed by atoms with E-state index in [0.717, 1.165) is 12.8 Å². The summed E-state index contributed by atoms with van der Waals surface area (Å²) in [5, 5.41) is 8.25. The number of nitriles is 1. The molecule has 0 radical (unpaired) electrons. The minimum absolute atomic E-state index is 0.613. The number of nitrogens with zero attached hydrogens (tertiary/aromatic N) is 2. The summed E-state index contributed by atoms with van der Waals surface area (Å²) in [5.41, 5.74) is 0. The van der Waals surface area contributed by atoms with Crippen LogP contribution in [-0.2, 0) is 9.73 Å². The van der Waals surface area contributed by atoms with Gasteiger partial charge in [-0.1, -0.05) is 6.92 Å². The van der Waals surface area contributed by atoms with Gasteiger partial charge in [0, 0.05) is 11.5 Å². The van der Waals surface area contributed by atoms with Gasteiger partial charge in [0.1, 0.15) is 0 Å². The van der Waals surface area contributed by atoms with Crippen LogP contribution in [0.15, 0.2) is 4.36 Å². The van der Waals surface area contributed by atoms with Crippen molar-refractivity contribution in [3.63, 3.8) is 0 Å². The van der Waals surface area contributed by atoms with Crippen molar-refractivity contribution in [1.82, 2.24) is 0 Å². The maximum absolute atomic E-state index is 11.6. The van der Waals surface area contributed by atoms with E-state index in [1.165, 1.54) is 0 Å². The molecule has 1 aliphatic heterocycles. The Labute approximate surface area is 67.6 Å². The third-order valence-corrected chi connectivity index (χ3v) is 4.23. The molecule has 0 aromatic carbocycles. The van der Waals surface area contributed by atoms with Crippen LogP contribution in [0.5, 0.6) is 0 Å². The molecule has 0 aromatic rings. The van der Waals surface area contributed by atoms with E-state index in [0.29, 0.717) is 17.4 Å². The molecule has 1 saturated heterocycles. The fraction of sp³-hybridized carbons (Fsp3) is 0.857. The van der Waals surface area contributed by atoms with Gasteiger partial charge < -0.3 is 0 Å². The smallest absolute Gasteiger partial charge is 0.214 e. The first kappa shape index (κ1) is 8.54. The van der Waals surface area contributed by atoms with Crippen molar-refractivity contribution in [1.29, 1.82) is 5.26 Å². The van der Waals surface area contributed by atoms with Crippen LogP contribution in [0.1, 0.15) is 19.8 Å². The molecule has 0 aromatic heterocycles. The highest BCUT2D eigenvalue weighted by molar-refractivity contribution is 7.93. The molecule has 0 amide bonds. The second-order valence-corrected chi connectivity index (χ2v) is 5.60. The van der Waals surface area contributed by atoms with Gasteiger partial charge in [-0.2, -0.15) is 5.26 Å². The molecule has 0 unspecified atom stereocenters. The largest absolute Gasteiger partial charge is 0.249 e. The molecule has 0 atom stereocenters. The van der Waals surface area contributed by atoms with Crippen LogP contribution in [0.3, 0.4) is 0 Å². The van der Waals surface area contributed by atoms with Gasteiger partial charge in [0.05, 0.1) is 9.73 Å². The predicted molar refractivity (Wildman–Crippen MR) is 44.3 cm³/mol. The lowest BCUT2D eigenvalue weighted by molar-refractivity contribution is 0.523. The topological polar surface area (TPSA) is 53.2 Å². The normalized spacial score (nSPS) is 37.6. The summed E-state index contributed by atoms with van der Waals surface area (Å²) in [6, 6.07) is 0. The molecule has 62 valence electrons. The molecule has 0 aliphatic carbocycles. The molecule has 0 spiro atoms. The van der Waals surface area contributed by atoms with Crippen molar-refractivity contribution < 1.29 is 4.21 Å². The third kappa shape index (κ3) is 2.19. The predicted octanol–water partition coefficient (Wildman–Crippen LogP) is 1.37. The van der Waals surface area contributed by atoms with Crippen molar-refractivity contribution in [3.05, 3.63) is 0 Å². The van der Waals surface area contributed by atoms with Crippen molar-refractivity contribution in [2.45, 2.75) is 19.8 Å². The fourth-order valence-corrected chi connectivity index (χ4v) is 3.26. The zero-order valence-electron chi connectivity index (χ0n) is 6.62. The number of hydrogen-bond acceptors (Lipinski definition) is 3. The monoisotopic (exact) mass is 172 g/mol. The average molecular weight is 172 g/mol. The van der Waals surface area contributed by atoms with Gasteiger partial charge in [-0.3, -0.25) is 0 Å². The zero-order valence-corrected chi connectivity index (χ0v) is 7.43. The maximum atomic E-state index is 11.6. The first-order valence-electron chi connectivity index (χ1n) is 3.77. The first-order chi connectivity index (χ1) is 5.16. The molecule has 4 heteroatoms. The highest BCUT2D eigenvalue weighted by atomic mass is 32.2. The van der Waals surface area contributed by atoms with Crippen LogP contribution in [0, 0.1) is 17.4 Å². The Morgan fingerprint density at radius 2 is 2.09 bits per heavy atom. The fourth-order valence-electron chi connectivity index (χ4n) is 1.18.